The van der Waals surface area contributed by atoms with Crippen LogP contribution in [0.4, 0.5) is 0 Å². The highest BCUT2D eigenvalue weighted by Crippen LogP contribution is 2.04. The van der Waals surface area contributed by atoms with Crippen LogP contribution < -0.4 is 0 Å². The van der Waals surface area contributed by atoms with Crippen LogP contribution in [0, 0.1) is 23.7 Å². The summed E-state index contributed by atoms with van der Waals surface area (Å²) in [5, 5.41) is 28.4. The molecule has 0 aliphatic heterocycles. The molecule has 112 valence electrons. The fourth-order valence-corrected chi connectivity index (χ4v) is 1.45. The molecular formula is C17H26O3. The first-order valence-electron chi connectivity index (χ1n) is 7.33. The Bertz CT molecular complexity index is 379. The van der Waals surface area contributed by atoms with Gasteiger partial charge in [-0.1, -0.05) is 57.1 Å². The lowest BCUT2D eigenvalue weighted by Crippen LogP contribution is -2.21. The van der Waals surface area contributed by atoms with Gasteiger partial charge in [-0.05, 0) is 31.1 Å². The van der Waals surface area contributed by atoms with Crippen LogP contribution in [-0.2, 0) is 0 Å². The van der Waals surface area contributed by atoms with Crippen LogP contribution in [-0.4, -0.2) is 33.6 Å². The fraction of sp³-hybridized carbons (Fsp3) is 0.647. The molecule has 3 heteroatoms. The number of allylic oxidation sites excluding steroid dienone is 1. The summed E-state index contributed by atoms with van der Waals surface area (Å²) in [6.45, 7) is 3.98. The van der Waals surface area contributed by atoms with E-state index in [2.05, 4.69) is 30.6 Å². The molecule has 0 fully saturated rings. The third kappa shape index (κ3) is 10.6. The highest BCUT2D eigenvalue weighted by molar-refractivity contribution is 5.29. The van der Waals surface area contributed by atoms with Gasteiger partial charge in [0, 0.05) is 0 Å². The molecule has 3 atom stereocenters. The number of rotatable bonds is 8. The Hall–Kier alpha value is -1.26. The Balaban J connectivity index is 4.02. The molecule has 3 N–H and O–H groups in total. The van der Waals surface area contributed by atoms with Gasteiger partial charge < -0.3 is 15.3 Å². The van der Waals surface area contributed by atoms with E-state index in [1.54, 1.807) is 6.08 Å². The third-order valence-electron chi connectivity index (χ3n) is 2.79. The third-order valence-corrected chi connectivity index (χ3v) is 2.79. The maximum atomic E-state index is 9.64. The van der Waals surface area contributed by atoms with Crippen molar-refractivity contribution in [2.75, 3.05) is 0 Å². The Morgan fingerprint density at radius 2 is 1.65 bits per heavy atom. The van der Waals surface area contributed by atoms with Gasteiger partial charge in [0.2, 0.25) is 0 Å². The van der Waals surface area contributed by atoms with Gasteiger partial charge in [0.15, 0.2) is 0 Å². The Morgan fingerprint density at radius 3 is 2.30 bits per heavy atom. The molecule has 0 heterocycles. The minimum atomic E-state index is -1.14. The van der Waals surface area contributed by atoms with Gasteiger partial charge in [-0.25, -0.2) is 0 Å². The summed E-state index contributed by atoms with van der Waals surface area (Å²) in [5.41, 5.74) is 0. The smallest absolute Gasteiger partial charge is 0.145 e. The molecule has 3 nitrogen and oxygen atoms in total. The summed E-state index contributed by atoms with van der Waals surface area (Å²) in [7, 11) is 0. The van der Waals surface area contributed by atoms with E-state index in [1.165, 1.54) is 19.3 Å². The quantitative estimate of drug-likeness (QED) is 0.361. The van der Waals surface area contributed by atoms with Gasteiger partial charge in [-0.2, -0.15) is 0 Å². The van der Waals surface area contributed by atoms with E-state index in [-0.39, 0.29) is 0 Å². The summed E-state index contributed by atoms with van der Waals surface area (Å²) in [5.74, 6) is 9.85. The molecule has 0 aliphatic rings. The monoisotopic (exact) mass is 278 g/mol. The number of hydrogen-bond acceptors (Lipinski definition) is 3. The first kappa shape index (κ1) is 18.7. The second-order valence-electron chi connectivity index (χ2n) is 4.68. The van der Waals surface area contributed by atoms with E-state index in [4.69, 9.17) is 0 Å². The molecule has 0 radical (unpaired) electrons. The second-order valence-corrected chi connectivity index (χ2v) is 4.68. The number of unbranched alkanes of at least 4 members (excludes halogenated alkanes) is 4. The topological polar surface area (TPSA) is 60.7 Å². The van der Waals surface area contributed by atoms with Gasteiger partial charge in [0.1, 0.15) is 18.3 Å². The standard InChI is InChI=1S/C17H26O3/c1-3-5-6-7-8-9-13-16(19)17(20)14-11-10-12-15(18)4-2/h9,13,15-20H,3-8H2,1-2H3/b13-9+/t15-,16+,17-/m0/s1. The number of hydrogen-bond donors (Lipinski definition) is 3. The first-order chi connectivity index (χ1) is 9.61. The second kappa shape index (κ2) is 12.8. The van der Waals surface area contributed by atoms with Gasteiger partial charge in [0.05, 0.1) is 0 Å². The Morgan fingerprint density at radius 1 is 0.950 bits per heavy atom. The van der Waals surface area contributed by atoms with Crippen LogP contribution in [0.15, 0.2) is 12.2 Å². The largest absolute Gasteiger partial charge is 0.385 e. The van der Waals surface area contributed by atoms with E-state index in [0.29, 0.717) is 6.42 Å². The van der Waals surface area contributed by atoms with E-state index < -0.39 is 18.3 Å². The highest BCUT2D eigenvalue weighted by atomic mass is 16.3. The zero-order valence-corrected chi connectivity index (χ0v) is 12.5. The van der Waals surface area contributed by atoms with Crippen LogP contribution in [0.3, 0.4) is 0 Å². The fourth-order valence-electron chi connectivity index (χ4n) is 1.45. The maximum Gasteiger partial charge on any atom is 0.145 e. The molecular weight excluding hydrogens is 252 g/mol. The maximum absolute atomic E-state index is 9.64. The van der Waals surface area contributed by atoms with E-state index in [9.17, 15) is 15.3 Å². The van der Waals surface area contributed by atoms with Crippen LogP contribution >= 0.6 is 0 Å². The zero-order chi connectivity index (χ0) is 15.2. The van der Waals surface area contributed by atoms with Crippen molar-refractivity contribution in [2.24, 2.45) is 0 Å². The van der Waals surface area contributed by atoms with Gasteiger partial charge in [-0.15, -0.1) is 0 Å². The van der Waals surface area contributed by atoms with E-state index in [0.717, 1.165) is 12.8 Å². The van der Waals surface area contributed by atoms with Crippen LogP contribution in [0.2, 0.25) is 0 Å². The summed E-state index contributed by atoms with van der Waals surface area (Å²) >= 11 is 0. The molecule has 0 aromatic heterocycles. The molecule has 0 aromatic rings. The normalized spacial score (nSPS) is 14.8. The van der Waals surface area contributed by atoms with Crippen LogP contribution in [0.25, 0.3) is 0 Å². The van der Waals surface area contributed by atoms with Crippen molar-refractivity contribution in [3.63, 3.8) is 0 Å². The average Bonchev–Trinajstić information content (AvgIpc) is 2.46. The first-order valence-corrected chi connectivity index (χ1v) is 7.33. The number of aliphatic hydroxyl groups excluding tert-OH is 3. The molecule has 0 aromatic carbocycles. The summed E-state index contributed by atoms with van der Waals surface area (Å²) < 4.78 is 0. The summed E-state index contributed by atoms with van der Waals surface area (Å²) in [6.07, 6.45) is 6.78. The molecule has 0 saturated carbocycles. The van der Waals surface area contributed by atoms with Crippen molar-refractivity contribution in [2.45, 2.75) is 70.7 Å². The van der Waals surface area contributed by atoms with Crippen LogP contribution in [0.5, 0.6) is 0 Å². The summed E-state index contributed by atoms with van der Waals surface area (Å²) in [4.78, 5) is 0. The molecule has 0 amide bonds. The molecule has 0 bridgehead atoms. The van der Waals surface area contributed by atoms with Crippen molar-refractivity contribution in [1.82, 2.24) is 0 Å². The zero-order valence-electron chi connectivity index (χ0n) is 12.5. The minimum Gasteiger partial charge on any atom is -0.385 e. The van der Waals surface area contributed by atoms with Crippen LogP contribution in [0.1, 0.15) is 52.4 Å². The van der Waals surface area contributed by atoms with Gasteiger partial charge in [0.25, 0.3) is 0 Å². The van der Waals surface area contributed by atoms with Crippen molar-refractivity contribution in [1.29, 1.82) is 0 Å². The van der Waals surface area contributed by atoms with Gasteiger partial charge >= 0.3 is 0 Å². The summed E-state index contributed by atoms with van der Waals surface area (Å²) in [6, 6.07) is 0. The highest BCUT2D eigenvalue weighted by Gasteiger charge is 2.08. The molecule has 0 rings (SSSR count). The lowest BCUT2D eigenvalue weighted by Gasteiger charge is -2.06. The molecule has 0 unspecified atom stereocenters. The SMILES string of the molecule is CCCCCC/C=C/[C@@H](O)[C@@H](O)C#CC#C[C@@H](O)CC. The Kier molecular flexibility index (Phi) is 12.0. The predicted octanol–water partition coefficient (Wildman–Crippen LogP) is 2.01. The lowest BCUT2D eigenvalue weighted by molar-refractivity contribution is 0.0868. The molecule has 0 saturated heterocycles. The molecule has 0 aliphatic carbocycles. The van der Waals surface area contributed by atoms with Crippen molar-refractivity contribution in [3.8, 4) is 23.7 Å². The average molecular weight is 278 g/mol. The molecule has 0 spiro atoms. The lowest BCUT2D eigenvalue weighted by atomic mass is 10.1. The van der Waals surface area contributed by atoms with E-state index in [1.807, 2.05) is 13.0 Å². The van der Waals surface area contributed by atoms with E-state index >= 15 is 0 Å². The molecule has 20 heavy (non-hydrogen) atoms. The predicted molar refractivity (Wildman–Crippen MR) is 81.8 cm³/mol. The van der Waals surface area contributed by atoms with Gasteiger partial charge in [-0.3, -0.25) is 0 Å². The van der Waals surface area contributed by atoms with Crippen molar-refractivity contribution < 1.29 is 15.3 Å². The van der Waals surface area contributed by atoms with Crippen molar-refractivity contribution >= 4 is 0 Å². The van der Waals surface area contributed by atoms with Crippen molar-refractivity contribution in [3.05, 3.63) is 12.2 Å². The Labute approximate surface area is 122 Å². The minimum absolute atomic E-state index is 0.542. The number of aliphatic hydroxyl groups is 3.